The van der Waals surface area contributed by atoms with Crippen molar-refractivity contribution in [2.45, 2.75) is 0 Å². The van der Waals surface area contributed by atoms with Crippen LogP contribution in [-0.4, -0.2) is 15.0 Å². The van der Waals surface area contributed by atoms with Gasteiger partial charge in [0.05, 0.1) is 0 Å². The first-order chi connectivity index (χ1) is 21.8. The Kier molecular flexibility index (Phi) is 6.47. The van der Waals surface area contributed by atoms with Crippen molar-refractivity contribution in [2.24, 2.45) is 0 Å². The lowest BCUT2D eigenvalue weighted by Crippen LogP contribution is -2.01. The zero-order valence-electron chi connectivity index (χ0n) is 23.9. The highest BCUT2D eigenvalue weighted by Gasteiger charge is 2.16. The zero-order chi connectivity index (χ0) is 29.3. The van der Waals surface area contributed by atoms with E-state index in [1.54, 1.807) is 0 Å². The average Bonchev–Trinajstić information content (AvgIpc) is 3.11. The summed E-state index contributed by atoms with van der Waals surface area (Å²) in [5.41, 5.74) is 7.47. The number of nitrogens with zero attached hydrogens (tertiary/aromatic N) is 3. The Morgan fingerprint density at radius 1 is 0.273 bits per heavy atom. The third-order valence-corrected chi connectivity index (χ3v) is 8.08. The molecule has 0 amide bonds. The van der Waals surface area contributed by atoms with Crippen molar-refractivity contribution >= 4 is 21.5 Å². The maximum absolute atomic E-state index is 5.16. The van der Waals surface area contributed by atoms with Gasteiger partial charge < -0.3 is 0 Å². The molecule has 7 aromatic carbocycles. The molecule has 0 aliphatic carbocycles. The summed E-state index contributed by atoms with van der Waals surface area (Å²) < 4.78 is 0. The van der Waals surface area contributed by atoms with Crippen LogP contribution in [-0.2, 0) is 0 Å². The van der Waals surface area contributed by atoms with Gasteiger partial charge in [-0.2, -0.15) is 0 Å². The van der Waals surface area contributed by atoms with Crippen molar-refractivity contribution in [1.29, 1.82) is 0 Å². The molecule has 0 bridgehead atoms. The Bertz CT molecular complexity index is 2120. The number of fused-ring (bicyclic) bond motifs is 2. The number of hydrogen-bond acceptors (Lipinski definition) is 3. The first-order valence-electron chi connectivity index (χ1n) is 14.8. The SMILES string of the molecule is c1ccc(-c2nc(-c3cc(-c4ccccc4)c4ccccc4c3)nc(-c3cc(-c4ccccc4)c4ccccc4c3)n2)cc1. The summed E-state index contributed by atoms with van der Waals surface area (Å²) in [6.45, 7) is 0. The Hall–Kier alpha value is -5.93. The number of hydrogen-bond donors (Lipinski definition) is 0. The van der Waals surface area contributed by atoms with Crippen LogP contribution < -0.4 is 0 Å². The summed E-state index contributed by atoms with van der Waals surface area (Å²) in [4.78, 5) is 15.3. The van der Waals surface area contributed by atoms with Gasteiger partial charge in [0.1, 0.15) is 0 Å². The Morgan fingerprint density at radius 3 is 1.05 bits per heavy atom. The minimum atomic E-state index is 0.645. The summed E-state index contributed by atoms with van der Waals surface area (Å²) in [7, 11) is 0. The molecular formula is C41H27N3. The van der Waals surface area contributed by atoms with E-state index in [0.717, 1.165) is 49.7 Å². The maximum Gasteiger partial charge on any atom is 0.164 e. The van der Waals surface area contributed by atoms with Crippen LogP contribution in [0.4, 0.5) is 0 Å². The van der Waals surface area contributed by atoms with Crippen molar-refractivity contribution in [3.05, 3.63) is 164 Å². The summed E-state index contributed by atoms with van der Waals surface area (Å²) in [5, 5.41) is 4.68. The van der Waals surface area contributed by atoms with Gasteiger partial charge in [0.25, 0.3) is 0 Å². The second-order valence-electron chi connectivity index (χ2n) is 10.9. The summed E-state index contributed by atoms with van der Waals surface area (Å²) in [5.74, 6) is 1.94. The zero-order valence-corrected chi connectivity index (χ0v) is 23.9. The minimum Gasteiger partial charge on any atom is -0.208 e. The van der Waals surface area contributed by atoms with Crippen LogP contribution in [0.3, 0.4) is 0 Å². The molecule has 1 aromatic heterocycles. The van der Waals surface area contributed by atoms with E-state index in [1.165, 1.54) is 10.8 Å². The Labute approximate surface area is 256 Å². The van der Waals surface area contributed by atoms with E-state index in [1.807, 2.05) is 30.3 Å². The number of aromatic nitrogens is 3. The molecule has 1 heterocycles. The van der Waals surface area contributed by atoms with E-state index in [2.05, 4.69) is 133 Å². The van der Waals surface area contributed by atoms with Gasteiger partial charge in [0, 0.05) is 16.7 Å². The first-order valence-corrected chi connectivity index (χ1v) is 14.8. The third kappa shape index (κ3) is 4.81. The molecule has 3 heteroatoms. The standard InChI is InChI=1S/C41H27N3/c1-4-14-28(15-5-1)37-26-33(24-31-20-10-12-22-35(31)37)40-42-39(30-18-8-3-9-19-30)43-41(44-40)34-25-32-21-11-13-23-36(32)38(27-34)29-16-6-2-7-17-29/h1-27H. The highest BCUT2D eigenvalue weighted by atomic mass is 15.0. The van der Waals surface area contributed by atoms with E-state index < -0.39 is 0 Å². The number of rotatable bonds is 5. The Morgan fingerprint density at radius 2 is 0.614 bits per heavy atom. The van der Waals surface area contributed by atoms with E-state index in [9.17, 15) is 0 Å². The predicted octanol–water partition coefficient (Wildman–Crippen LogP) is 10.5. The van der Waals surface area contributed by atoms with Gasteiger partial charge >= 0.3 is 0 Å². The van der Waals surface area contributed by atoms with Crippen LogP contribution in [0.15, 0.2) is 164 Å². The highest BCUT2D eigenvalue weighted by Crippen LogP contribution is 2.36. The van der Waals surface area contributed by atoms with Gasteiger partial charge in [-0.05, 0) is 68.1 Å². The first kappa shape index (κ1) is 25.8. The molecule has 0 spiro atoms. The topological polar surface area (TPSA) is 38.7 Å². The van der Waals surface area contributed by atoms with Crippen molar-refractivity contribution < 1.29 is 0 Å². The maximum atomic E-state index is 5.16. The fourth-order valence-corrected chi connectivity index (χ4v) is 5.94. The molecular weight excluding hydrogens is 534 g/mol. The summed E-state index contributed by atoms with van der Waals surface area (Å²) in [6, 6.07) is 57.0. The van der Waals surface area contributed by atoms with Gasteiger partial charge in [-0.1, -0.05) is 140 Å². The van der Waals surface area contributed by atoms with Crippen molar-refractivity contribution in [3.8, 4) is 56.4 Å². The van der Waals surface area contributed by atoms with Crippen molar-refractivity contribution in [3.63, 3.8) is 0 Å². The van der Waals surface area contributed by atoms with E-state index in [4.69, 9.17) is 15.0 Å². The molecule has 0 aliphatic heterocycles. The van der Waals surface area contributed by atoms with Gasteiger partial charge in [-0.3, -0.25) is 0 Å². The molecule has 0 radical (unpaired) electrons. The Balaban J connectivity index is 1.38. The lowest BCUT2D eigenvalue weighted by Gasteiger charge is -2.14. The van der Waals surface area contributed by atoms with Crippen LogP contribution in [0.1, 0.15) is 0 Å². The molecule has 0 aliphatic rings. The fraction of sp³-hybridized carbons (Fsp3) is 0. The normalized spacial score (nSPS) is 11.2. The molecule has 0 atom stereocenters. The van der Waals surface area contributed by atoms with Crippen molar-refractivity contribution in [1.82, 2.24) is 15.0 Å². The second-order valence-corrected chi connectivity index (χ2v) is 10.9. The van der Waals surface area contributed by atoms with E-state index >= 15 is 0 Å². The minimum absolute atomic E-state index is 0.645. The lowest BCUT2D eigenvalue weighted by molar-refractivity contribution is 1.08. The quantitative estimate of drug-likeness (QED) is 0.210. The second kappa shape index (κ2) is 11.0. The van der Waals surface area contributed by atoms with Gasteiger partial charge in [-0.25, -0.2) is 15.0 Å². The van der Waals surface area contributed by atoms with Gasteiger partial charge in [-0.15, -0.1) is 0 Å². The fourth-order valence-electron chi connectivity index (χ4n) is 5.94. The highest BCUT2D eigenvalue weighted by molar-refractivity contribution is 6.01. The monoisotopic (exact) mass is 561 g/mol. The average molecular weight is 562 g/mol. The molecule has 8 aromatic rings. The van der Waals surface area contributed by atoms with Gasteiger partial charge in [0.15, 0.2) is 17.5 Å². The molecule has 0 unspecified atom stereocenters. The van der Waals surface area contributed by atoms with Crippen LogP contribution in [0, 0.1) is 0 Å². The molecule has 0 N–H and O–H groups in total. The van der Waals surface area contributed by atoms with Crippen LogP contribution in [0.25, 0.3) is 78.0 Å². The predicted molar refractivity (Wildman–Crippen MR) is 182 cm³/mol. The lowest BCUT2D eigenvalue weighted by atomic mass is 9.95. The van der Waals surface area contributed by atoms with Crippen LogP contribution in [0.5, 0.6) is 0 Å². The summed E-state index contributed by atoms with van der Waals surface area (Å²) in [6.07, 6.45) is 0. The largest absolute Gasteiger partial charge is 0.208 e. The smallest absolute Gasteiger partial charge is 0.164 e. The van der Waals surface area contributed by atoms with Crippen molar-refractivity contribution in [2.75, 3.05) is 0 Å². The molecule has 44 heavy (non-hydrogen) atoms. The summed E-state index contributed by atoms with van der Waals surface area (Å²) >= 11 is 0. The molecule has 0 fully saturated rings. The number of benzene rings is 7. The van der Waals surface area contributed by atoms with E-state index in [-0.39, 0.29) is 0 Å². The molecule has 0 saturated heterocycles. The molecule has 8 rings (SSSR count). The van der Waals surface area contributed by atoms with Gasteiger partial charge in [0.2, 0.25) is 0 Å². The van der Waals surface area contributed by atoms with E-state index in [0.29, 0.717) is 17.5 Å². The van der Waals surface area contributed by atoms with Crippen LogP contribution >= 0.6 is 0 Å². The molecule has 3 nitrogen and oxygen atoms in total. The molecule has 206 valence electrons. The van der Waals surface area contributed by atoms with Crippen LogP contribution in [0.2, 0.25) is 0 Å². The third-order valence-electron chi connectivity index (χ3n) is 8.08. The molecule has 0 saturated carbocycles.